The summed E-state index contributed by atoms with van der Waals surface area (Å²) in [6.07, 6.45) is -0.918. The van der Waals surface area contributed by atoms with Gasteiger partial charge in [0, 0.05) is 0 Å². The first-order valence-electron chi connectivity index (χ1n) is 8.08. The molecule has 3 aromatic carbocycles. The van der Waals surface area contributed by atoms with Crippen molar-refractivity contribution in [1.82, 2.24) is 0 Å². The Bertz CT molecular complexity index is 906. The van der Waals surface area contributed by atoms with Crippen molar-refractivity contribution in [3.63, 3.8) is 0 Å². The van der Waals surface area contributed by atoms with Crippen molar-refractivity contribution in [2.75, 3.05) is 5.32 Å². The number of nitrogens with one attached hydrogen (secondary N) is 1. The second-order valence-electron chi connectivity index (χ2n) is 5.75. The van der Waals surface area contributed by atoms with Crippen molar-refractivity contribution in [1.29, 1.82) is 0 Å². The number of carbonyl (C=O) groups is 1. The number of ether oxygens (including phenoxy) is 1. The van der Waals surface area contributed by atoms with Crippen molar-refractivity contribution in [3.8, 4) is 11.1 Å². The number of carbonyl (C=O) groups excluding carboxylic acids is 1. The maximum atomic E-state index is 13.6. The van der Waals surface area contributed by atoms with Gasteiger partial charge in [-0.1, -0.05) is 54.6 Å². The largest absolute Gasteiger partial charge is 0.444 e. The van der Waals surface area contributed by atoms with Crippen LogP contribution in [0.2, 0.25) is 0 Å². The van der Waals surface area contributed by atoms with E-state index in [0.717, 1.165) is 34.4 Å². The van der Waals surface area contributed by atoms with Crippen LogP contribution in [-0.4, -0.2) is 6.09 Å². The van der Waals surface area contributed by atoms with E-state index in [2.05, 4.69) is 5.32 Å². The standard InChI is InChI=1S/C21H17F2NO2/c1-14-16(9-5-10-17(14)15-7-3-2-4-8-15)13-26-21(25)24-20-18(22)11-6-12-19(20)23/h2-12H,13H2,1H3,(H,24,25). The molecule has 0 aromatic heterocycles. The van der Waals surface area contributed by atoms with E-state index in [9.17, 15) is 13.6 Å². The first kappa shape index (κ1) is 17.6. The van der Waals surface area contributed by atoms with Crippen LogP contribution in [0.25, 0.3) is 11.1 Å². The van der Waals surface area contributed by atoms with Crippen LogP contribution in [0.3, 0.4) is 0 Å². The molecule has 0 atom stereocenters. The second-order valence-corrected chi connectivity index (χ2v) is 5.75. The van der Waals surface area contributed by atoms with Crippen LogP contribution in [0.5, 0.6) is 0 Å². The molecule has 1 N–H and O–H groups in total. The van der Waals surface area contributed by atoms with E-state index >= 15 is 0 Å². The van der Waals surface area contributed by atoms with Gasteiger partial charge in [0.05, 0.1) is 0 Å². The lowest BCUT2D eigenvalue weighted by Gasteiger charge is -2.13. The average Bonchev–Trinajstić information content (AvgIpc) is 2.65. The molecule has 0 unspecified atom stereocenters. The molecule has 0 aliphatic heterocycles. The number of rotatable bonds is 4. The van der Waals surface area contributed by atoms with Crippen molar-refractivity contribution >= 4 is 11.8 Å². The van der Waals surface area contributed by atoms with E-state index in [4.69, 9.17) is 4.74 Å². The second kappa shape index (κ2) is 7.78. The summed E-state index contributed by atoms with van der Waals surface area (Å²) in [6, 6.07) is 18.9. The molecule has 1 amide bonds. The predicted molar refractivity (Wildman–Crippen MR) is 96.8 cm³/mol. The van der Waals surface area contributed by atoms with Crippen LogP contribution in [0.4, 0.5) is 19.3 Å². The summed E-state index contributed by atoms with van der Waals surface area (Å²) in [5.41, 5.74) is 3.36. The Labute approximate surface area is 150 Å². The van der Waals surface area contributed by atoms with Gasteiger partial charge >= 0.3 is 6.09 Å². The van der Waals surface area contributed by atoms with Crippen LogP contribution < -0.4 is 5.32 Å². The lowest BCUT2D eigenvalue weighted by molar-refractivity contribution is 0.154. The lowest BCUT2D eigenvalue weighted by Crippen LogP contribution is -2.16. The molecule has 0 aliphatic rings. The fourth-order valence-corrected chi connectivity index (χ4v) is 2.67. The molecular weight excluding hydrogens is 336 g/mol. The molecule has 0 heterocycles. The zero-order chi connectivity index (χ0) is 18.5. The fourth-order valence-electron chi connectivity index (χ4n) is 2.67. The van der Waals surface area contributed by atoms with Crippen LogP contribution in [0.1, 0.15) is 11.1 Å². The third-order valence-electron chi connectivity index (χ3n) is 4.08. The van der Waals surface area contributed by atoms with Crippen LogP contribution in [0.15, 0.2) is 66.7 Å². The molecule has 3 nitrogen and oxygen atoms in total. The highest BCUT2D eigenvalue weighted by molar-refractivity contribution is 5.85. The predicted octanol–water partition coefficient (Wildman–Crippen LogP) is 5.69. The Morgan fingerprint density at radius 2 is 1.58 bits per heavy atom. The van der Waals surface area contributed by atoms with E-state index in [0.29, 0.717) is 0 Å². The first-order valence-corrected chi connectivity index (χ1v) is 8.08. The number of para-hydroxylation sites is 1. The fraction of sp³-hybridized carbons (Fsp3) is 0.0952. The quantitative estimate of drug-likeness (QED) is 0.654. The summed E-state index contributed by atoms with van der Waals surface area (Å²) in [4.78, 5) is 11.9. The molecule has 3 aromatic rings. The highest BCUT2D eigenvalue weighted by atomic mass is 19.1. The van der Waals surface area contributed by atoms with Gasteiger partial charge in [-0.15, -0.1) is 0 Å². The van der Waals surface area contributed by atoms with Crippen LogP contribution >= 0.6 is 0 Å². The van der Waals surface area contributed by atoms with Crippen molar-refractivity contribution in [3.05, 3.63) is 89.5 Å². The molecule has 132 valence electrons. The SMILES string of the molecule is Cc1c(COC(=O)Nc2c(F)cccc2F)cccc1-c1ccccc1. The van der Waals surface area contributed by atoms with Crippen LogP contribution in [0, 0.1) is 18.6 Å². The lowest BCUT2D eigenvalue weighted by atomic mass is 9.97. The zero-order valence-corrected chi connectivity index (χ0v) is 14.1. The van der Waals surface area contributed by atoms with Gasteiger partial charge in [0.25, 0.3) is 0 Å². The monoisotopic (exact) mass is 353 g/mol. The minimum atomic E-state index is -0.918. The van der Waals surface area contributed by atoms with Gasteiger partial charge in [-0.2, -0.15) is 0 Å². The zero-order valence-electron chi connectivity index (χ0n) is 14.1. The molecule has 3 rings (SSSR count). The van der Waals surface area contributed by atoms with Crippen molar-refractivity contribution < 1.29 is 18.3 Å². The topological polar surface area (TPSA) is 38.3 Å². The summed E-state index contributed by atoms with van der Waals surface area (Å²) >= 11 is 0. The molecular formula is C21H17F2NO2. The van der Waals surface area contributed by atoms with Crippen molar-refractivity contribution in [2.45, 2.75) is 13.5 Å². The van der Waals surface area contributed by atoms with Gasteiger partial charge in [-0.05, 0) is 41.3 Å². The minimum Gasteiger partial charge on any atom is -0.444 e. The highest BCUT2D eigenvalue weighted by Crippen LogP contribution is 2.26. The van der Waals surface area contributed by atoms with E-state index in [1.807, 2.05) is 55.5 Å². The smallest absolute Gasteiger partial charge is 0.412 e. The van der Waals surface area contributed by atoms with Crippen molar-refractivity contribution in [2.24, 2.45) is 0 Å². The van der Waals surface area contributed by atoms with Gasteiger partial charge in [0.2, 0.25) is 0 Å². The molecule has 0 fully saturated rings. The van der Waals surface area contributed by atoms with Gasteiger partial charge in [0.1, 0.15) is 23.9 Å². The molecule has 26 heavy (non-hydrogen) atoms. The molecule has 0 spiro atoms. The maximum absolute atomic E-state index is 13.6. The molecule has 0 aliphatic carbocycles. The molecule has 0 saturated heterocycles. The molecule has 0 saturated carbocycles. The number of hydrogen-bond acceptors (Lipinski definition) is 2. The molecule has 5 heteroatoms. The number of benzene rings is 3. The van der Waals surface area contributed by atoms with Gasteiger partial charge in [-0.3, -0.25) is 5.32 Å². The summed E-state index contributed by atoms with van der Waals surface area (Å²) in [6.45, 7) is 1.93. The number of amides is 1. The number of anilines is 1. The molecule has 0 bridgehead atoms. The normalized spacial score (nSPS) is 10.4. The Morgan fingerprint density at radius 1 is 0.923 bits per heavy atom. The Kier molecular flexibility index (Phi) is 5.27. The van der Waals surface area contributed by atoms with Crippen LogP contribution in [-0.2, 0) is 11.3 Å². The number of hydrogen-bond donors (Lipinski definition) is 1. The highest BCUT2D eigenvalue weighted by Gasteiger charge is 2.13. The first-order chi connectivity index (χ1) is 12.6. The molecule has 0 radical (unpaired) electrons. The third-order valence-corrected chi connectivity index (χ3v) is 4.08. The maximum Gasteiger partial charge on any atom is 0.412 e. The van der Waals surface area contributed by atoms with Gasteiger partial charge in [-0.25, -0.2) is 13.6 Å². The third kappa shape index (κ3) is 3.88. The average molecular weight is 353 g/mol. The summed E-state index contributed by atoms with van der Waals surface area (Å²) in [5.74, 6) is -1.71. The van der Waals surface area contributed by atoms with E-state index in [1.54, 1.807) is 0 Å². The summed E-state index contributed by atoms with van der Waals surface area (Å²) in [7, 11) is 0. The Balaban J connectivity index is 1.71. The Hall–Kier alpha value is -3.21. The summed E-state index contributed by atoms with van der Waals surface area (Å²) < 4.78 is 32.3. The minimum absolute atomic E-state index is 0.00554. The van der Waals surface area contributed by atoms with E-state index < -0.39 is 23.4 Å². The van der Waals surface area contributed by atoms with E-state index in [1.165, 1.54) is 6.07 Å². The van der Waals surface area contributed by atoms with Gasteiger partial charge in [0.15, 0.2) is 0 Å². The van der Waals surface area contributed by atoms with Gasteiger partial charge < -0.3 is 4.74 Å². The summed E-state index contributed by atoms with van der Waals surface area (Å²) in [5, 5.41) is 2.10. The number of halogens is 2. The Morgan fingerprint density at radius 3 is 2.27 bits per heavy atom. The van der Waals surface area contributed by atoms with E-state index in [-0.39, 0.29) is 6.61 Å².